The molecule has 0 saturated carbocycles. The van der Waals surface area contributed by atoms with E-state index >= 15 is 0 Å². The minimum atomic E-state index is 0.347. The van der Waals surface area contributed by atoms with Gasteiger partial charge in [0.05, 0.1) is 0 Å². The topological polar surface area (TPSA) is 20.3 Å². The number of piperidine rings is 1. The molecule has 4 heteroatoms. The number of rotatable bonds is 4. The van der Waals surface area contributed by atoms with Crippen LogP contribution in [0.3, 0.4) is 0 Å². The van der Waals surface area contributed by atoms with Crippen molar-refractivity contribution < 1.29 is 4.79 Å². The van der Waals surface area contributed by atoms with Crippen LogP contribution < -0.4 is 0 Å². The first-order chi connectivity index (χ1) is 10.6. The number of hydrogen-bond donors (Lipinski definition) is 0. The Hall–Kier alpha value is -0.670. The van der Waals surface area contributed by atoms with Crippen molar-refractivity contribution in [3.05, 3.63) is 34.3 Å². The second-order valence-corrected chi connectivity index (χ2v) is 8.14. The van der Waals surface area contributed by atoms with Crippen molar-refractivity contribution in [2.75, 3.05) is 6.26 Å². The fourth-order valence-corrected chi connectivity index (χ4v) is 4.92. The van der Waals surface area contributed by atoms with Crippen LogP contribution in [0.25, 0.3) is 0 Å². The number of fused-ring (bicyclic) bond motifs is 2. The molecule has 0 aromatic heterocycles. The van der Waals surface area contributed by atoms with Gasteiger partial charge >= 0.3 is 0 Å². The Balaban J connectivity index is 1.59. The zero-order valence-corrected chi connectivity index (χ0v) is 14.9. The lowest BCUT2D eigenvalue weighted by atomic mass is 10.0. The minimum absolute atomic E-state index is 0.347. The standard InChI is InChI=1S/C18H24ClNOS/c1-12-9-13(3-7-17(12)19)4-8-18(21)20-14-5-6-15(20)11-16(10-14)22-2/h3,7,9,14-16H,4-6,8,10-11H2,1-2H3/t14-,15+,16?. The Morgan fingerprint density at radius 1 is 1.32 bits per heavy atom. The summed E-state index contributed by atoms with van der Waals surface area (Å²) in [5.74, 6) is 0.347. The third-order valence-corrected chi connectivity index (χ3v) is 6.64. The zero-order valence-electron chi connectivity index (χ0n) is 13.3. The van der Waals surface area contributed by atoms with Crippen LogP contribution in [0.5, 0.6) is 0 Å². The molecule has 2 saturated heterocycles. The molecule has 120 valence electrons. The van der Waals surface area contributed by atoms with Gasteiger partial charge in [-0.2, -0.15) is 11.8 Å². The number of carbonyl (C=O) groups excluding carboxylic acids is 1. The maximum Gasteiger partial charge on any atom is 0.223 e. The van der Waals surface area contributed by atoms with Gasteiger partial charge in [0.2, 0.25) is 5.91 Å². The van der Waals surface area contributed by atoms with Gasteiger partial charge in [-0.05, 0) is 62.5 Å². The van der Waals surface area contributed by atoms with Gasteiger partial charge in [-0.25, -0.2) is 0 Å². The van der Waals surface area contributed by atoms with Gasteiger partial charge in [0.25, 0.3) is 0 Å². The largest absolute Gasteiger partial charge is 0.337 e. The van der Waals surface area contributed by atoms with Crippen molar-refractivity contribution in [1.82, 2.24) is 4.90 Å². The van der Waals surface area contributed by atoms with E-state index in [0.29, 0.717) is 24.4 Å². The summed E-state index contributed by atoms with van der Waals surface area (Å²) >= 11 is 8.03. The van der Waals surface area contributed by atoms with Crippen LogP contribution in [-0.4, -0.2) is 34.4 Å². The third-order valence-electron chi connectivity index (χ3n) is 5.16. The lowest BCUT2D eigenvalue weighted by Gasteiger charge is -2.38. The Morgan fingerprint density at radius 3 is 2.59 bits per heavy atom. The van der Waals surface area contributed by atoms with E-state index in [4.69, 9.17) is 11.6 Å². The van der Waals surface area contributed by atoms with Crippen LogP contribution in [0.1, 0.15) is 43.2 Å². The van der Waals surface area contributed by atoms with Crippen molar-refractivity contribution in [1.29, 1.82) is 0 Å². The SMILES string of the molecule is CSC1C[C@H]2CC[C@@H](C1)N2C(=O)CCc1ccc(Cl)c(C)c1. The average molecular weight is 338 g/mol. The molecule has 0 radical (unpaired) electrons. The summed E-state index contributed by atoms with van der Waals surface area (Å²) in [5, 5.41) is 1.55. The van der Waals surface area contributed by atoms with E-state index in [-0.39, 0.29) is 0 Å². The van der Waals surface area contributed by atoms with Gasteiger partial charge in [-0.1, -0.05) is 23.7 Å². The highest BCUT2D eigenvalue weighted by molar-refractivity contribution is 7.99. The highest BCUT2D eigenvalue weighted by atomic mass is 35.5. The van der Waals surface area contributed by atoms with E-state index in [0.717, 1.165) is 22.3 Å². The van der Waals surface area contributed by atoms with Gasteiger partial charge < -0.3 is 4.90 Å². The summed E-state index contributed by atoms with van der Waals surface area (Å²) in [7, 11) is 0. The van der Waals surface area contributed by atoms with E-state index in [1.165, 1.54) is 31.2 Å². The Morgan fingerprint density at radius 2 is 2.00 bits per heavy atom. The molecule has 0 N–H and O–H groups in total. The second kappa shape index (κ2) is 6.84. The van der Waals surface area contributed by atoms with Crippen LogP contribution in [0, 0.1) is 6.92 Å². The first kappa shape index (κ1) is 16.2. The molecule has 2 aliphatic rings. The molecule has 1 aromatic rings. The van der Waals surface area contributed by atoms with E-state index < -0.39 is 0 Å². The molecule has 2 fully saturated rings. The van der Waals surface area contributed by atoms with Crippen LogP contribution in [0.15, 0.2) is 18.2 Å². The number of amides is 1. The predicted octanol–water partition coefficient (Wildman–Crippen LogP) is 4.47. The van der Waals surface area contributed by atoms with E-state index in [2.05, 4.69) is 17.2 Å². The predicted molar refractivity (Wildman–Crippen MR) is 94.7 cm³/mol. The van der Waals surface area contributed by atoms with Crippen molar-refractivity contribution >= 4 is 29.3 Å². The van der Waals surface area contributed by atoms with E-state index in [1.54, 1.807) is 0 Å². The number of nitrogens with zero attached hydrogens (tertiary/aromatic N) is 1. The second-order valence-electron chi connectivity index (χ2n) is 6.60. The maximum absolute atomic E-state index is 12.7. The molecule has 22 heavy (non-hydrogen) atoms. The van der Waals surface area contributed by atoms with Gasteiger partial charge in [0.1, 0.15) is 0 Å². The van der Waals surface area contributed by atoms with Gasteiger partial charge in [0, 0.05) is 28.8 Å². The average Bonchev–Trinajstić information content (AvgIpc) is 2.78. The molecule has 0 spiro atoms. The molecular formula is C18H24ClNOS. The molecule has 1 amide bonds. The van der Waals surface area contributed by atoms with Crippen molar-refractivity contribution in [2.24, 2.45) is 0 Å². The summed E-state index contributed by atoms with van der Waals surface area (Å²) in [4.78, 5) is 14.9. The van der Waals surface area contributed by atoms with E-state index in [1.807, 2.05) is 30.8 Å². The third kappa shape index (κ3) is 3.30. The zero-order chi connectivity index (χ0) is 15.7. The fraction of sp³-hybridized carbons (Fsp3) is 0.611. The number of halogens is 1. The molecular weight excluding hydrogens is 314 g/mol. The molecule has 3 atom stereocenters. The van der Waals surface area contributed by atoms with Crippen LogP contribution in [0.4, 0.5) is 0 Å². The first-order valence-corrected chi connectivity index (χ1v) is 9.84. The van der Waals surface area contributed by atoms with Crippen LogP contribution in [-0.2, 0) is 11.2 Å². The Kier molecular flexibility index (Phi) is 5.03. The van der Waals surface area contributed by atoms with E-state index in [9.17, 15) is 4.79 Å². The van der Waals surface area contributed by atoms with Crippen LogP contribution in [0.2, 0.25) is 5.02 Å². The highest BCUT2D eigenvalue weighted by Gasteiger charge is 2.42. The maximum atomic E-state index is 12.7. The number of benzene rings is 1. The monoisotopic (exact) mass is 337 g/mol. The number of aryl methyl sites for hydroxylation is 2. The van der Waals surface area contributed by atoms with Gasteiger partial charge in [0.15, 0.2) is 0 Å². The van der Waals surface area contributed by atoms with Crippen molar-refractivity contribution in [3.8, 4) is 0 Å². The fourth-order valence-electron chi connectivity index (χ4n) is 3.97. The quantitative estimate of drug-likeness (QED) is 0.808. The molecule has 2 bridgehead atoms. The number of hydrogen-bond acceptors (Lipinski definition) is 2. The lowest BCUT2D eigenvalue weighted by molar-refractivity contribution is -0.135. The lowest BCUT2D eigenvalue weighted by Crippen LogP contribution is -2.47. The van der Waals surface area contributed by atoms with Crippen molar-refractivity contribution in [2.45, 2.75) is 62.8 Å². The van der Waals surface area contributed by atoms with Crippen LogP contribution >= 0.6 is 23.4 Å². The summed E-state index contributed by atoms with van der Waals surface area (Å²) in [5.41, 5.74) is 2.30. The molecule has 2 aliphatic heterocycles. The van der Waals surface area contributed by atoms with Crippen molar-refractivity contribution in [3.63, 3.8) is 0 Å². The Labute approximate surface area is 142 Å². The molecule has 3 rings (SSSR count). The molecule has 0 aliphatic carbocycles. The summed E-state index contributed by atoms with van der Waals surface area (Å²) < 4.78 is 0. The first-order valence-electron chi connectivity index (χ1n) is 8.17. The summed E-state index contributed by atoms with van der Waals surface area (Å²) in [6.45, 7) is 2.01. The number of thioether (sulfide) groups is 1. The molecule has 2 heterocycles. The molecule has 2 nitrogen and oxygen atoms in total. The smallest absolute Gasteiger partial charge is 0.223 e. The summed E-state index contributed by atoms with van der Waals surface area (Å²) in [6, 6.07) is 7.07. The van der Waals surface area contributed by atoms with Gasteiger partial charge in [-0.15, -0.1) is 0 Å². The van der Waals surface area contributed by atoms with Gasteiger partial charge in [-0.3, -0.25) is 4.79 Å². The minimum Gasteiger partial charge on any atom is -0.337 e. The number of carbonyl (C=O) groups is 1. The Bertz CT molecular complexity index is 548. The molecule has 1 aromatic carbocycles. The molecule has 1 unspecified atom stereocenters. The highest BCUT2D eigenvalue weighted by Crippen LogP contribution is 2.39. The normalized spacial score (nSPS) is 27.2. The summed E-state index contributed by atoms with van der Waals surface area (Å²) in [6.07, 6.45) is 8.41.